The maximum absolute atomic E-state index is 5.88. The predicted molar refractivity (Wildman–Crippen MR) is 76.4 cm³/mol. The number of hydrogen-bond donors (Lipinski definition) is 1. The zero-order valence-corrected chi connectivity index (χ0v) is 12.7. The number of hydrogen-bond acceptors (Lipinski definition) is 2. The molecule has 0 saturated heterocycles. The Hall–Kier alpha value is -0.540. The van der Waals surface area contributed by atoms with Crippen molar-refractivity contribution in [3.63, 3.8) is 0 Å². The molecular formula is C14H22BrNO. The van der Waals surface area contributed by atoms with Crippen LogP contribution >= 0.6 is 15.9 Å². The van der Waals surface area contributed by atoms with Crippen LogP contribution in [-0.4, -0.2) is 13.7 Å². The summed E-state index contributed by atoms with van der Waals surface area (Å²) >= 11 is 3.59. The second-order valence-electron chi connectivity index (χ2n) is 5.46. The third-order valence-electron chi connectivity index (χ3n) is 3.23. The molecule has 0 aliphatic carbocycles. The summed E-state index contributed by atoms with van der Waals surface area (Å²) in [6.45, 7) is 7.41. The molecule has 1 atom stereocenters. The summed E-state index contributed by atoms with van der Waals surface area (Å²) in [7, 11) is 1.69. The van der Waals surface area contributed by atoms with Crippen molar-refractivity contribution < 1.29 is 4.74 Å². The van der Waals surface area contributed by atoms with E-state index in [0.29, 0.717) is 12.5 Å². The summed E-state index contributed by atoms with van der Waals surface area (Å²) in [4.78, 5) is 0. The molecule has 0 amide bonds. The molecule has 1 aromatic rings. The van der Waals surface area contributed by atoms with E-state index >= 15 is 0 Å². The normalized spacial score (nSPS) is 13.5. The molecule has 2 N–H and O–H groups in total. The van der Waals surface area contributed by atoms with Gasteiger partial charge >= 0.3 is 0 Å². The Labute approximate surface area is 113 Å². The molecule has 0 aliphatic rings. The highest BCUT2D eigenvalue weighted by Crippen LogP contribution is 2.32. The van der Waals surface area contributed by atoms with Crippen LogP contribution in [0, 0.1) is 11.3 Å². The lowest BCUT2D eigenvalue weighted by Crippen LogP contribution is -2.30. The van der Waals surface area contributed by atoms with Gasteiger partial charge in [0, 0.05) is 4.47 Å². The van der Waals surface area contributed by atoms with Crippen LogP contribution in [0.15, 0.2) is 22.7 Å². The first-order valence-electron chi connectivity index (χ1n) is 5.91. The number of methoxy groups -OCH3 is 1. The molecule has 0 bridgehead atoms. The van der Waals surface area contributed by atoms with E-state index < -0.39 is 0 Å². The summed E-state index contributed by atoms with van der Waals surface area (Å²) < 4.78 is 6.38. The molecule has 3 heteroatoms. The number of halogens is 1. The molecule has 1 rings (SSSR count). The predicted octanol–water partition coefficient (Wildman–Crippen LogP) is 3.62. The molecule has 17 heavy (non-hydrogen) atoms. The van der Waals surface area contributed by atoms with E-state index in [9.17, 15) is 0 Å². The lowest BCUT2D eigenvalue weighted by molar-refractivity contribution is 0.245. The van der Waals surface area contributed by atoms with Crippen LogP contribution in [0.5, 0.6) is 5.75 Å². The van der Waals surface area contributed by atoms with Crippen LogP contribution in [0.25, 0.3) is 0 Å². The monoisotopic (exact) mass is 299 g/mol. The molecule has 0 saturated carbocycles. The van der Waals surface area contributed by atoms with Crippen LogP contribution in [0.2, 0.25) is 0 Å². The molecule has 96 valence electrons. The molecule has 2 nitrogen and oxygen atoms in total. The average molecular weight is 300 g/mol. The third kappa shape index (κ3) is 4.00. The van der Waals surface area contributed by atoms with Gasteiger partial charge in [0.25, 0.3) is 0 Å². The maximum Gasteiger partial charge on any atom is 0.119 e. The molecule has 0 aromatic heterocycles. The second kappa shape index (κ2) is 5.87. The zero-order valence-electron chi connectivity index (χ0n) is 11.1. The second-order valence-corrected chi connectivity index (χ2v) is 6.31. The highest BCUT2D eigenvalue weighted by atomic mass is 79.9. The highest BCUT2D eigenvalue weighted by molar-refractivity contribution is 9.10. The fraction of sp³-hybridized carbons (Fsp3) is 0.571. The SMILES string of the molecule is COc1ccc(Br)c(CC(CN)C(C)(C)C)c1. The van der Waals surface area contributed by atoms with E-state index in [0.717, 1.165) is 16.6 Å². The van der Waals surface area contributed by atoms with Crippen LogP contribution in [0.4, 0.5) is 0 Å². The van der Waals surface area contributed by atoms with Gasteiger partial charge in [-0.3, -0.25) is 0 Å². The molecule has 0 aliphatic heterocycles. The quantitative estimate of drug-likeness (QED) is 0.921. The largest absolute Gasteiger partial charge is 0.497 e. The van der Waals surface area contributed by atoms with Gasteiger partial charge in [-0.15, -0.1) is 0 Å². The van der Waals surface area contributed by atoms with Gasteiger partial charge in [-0.2, -0.15) is 0 Å². The van der Waals surface area contributed by atoms with Crippen LogP contribution in [0.1, 0.15) is 26.3 Å². The van der Waals surface area contributed by atoms with Crippen molar-refractivity contribution in [3.05, 3.63) is 28.2 Å². The lowest BCUT2D eigenvalue weighted by atomic mass is 9.77. The molecule has 0 spiro atoms. The molecule has 0 fully saturated rings. The molecule has 0 heterocycles. The fourth-order valence-electron chi connectivity index (χ4n) is 1.84. The van der Waals surface area contributed by atoms with E-state index in [1.165, 1.54) is 5.56 Å². The first kappa shape index (κ1) is 14.5. The minimum Gasteiger partial charge on any atom is -0.497 e. The van der Waals surface area contributed by atoms with Gasteiger partial charge in [0.2, 0.25) is 0 Å². The molecule has 1 aromatic carbocycles. The maximum atomic E-state index is 5.88. The lowest BCUT2D eigenvalue weighted by Gasteiger charge is -2.30. The van der Waals surface area contributed by atoms with E-state index in [4.69, 9.17) is 10.5 Å². The summed E-state index contributed by atoms with van der Waals surface area (Å²) in [5.41, 5.74) is 7.36. The van der Waals surface area contributed by atoms with E-state index in [-0.39, 0.29) is 5.41 Å². The van der Waals surface area contributed by atoms with Gasteiger partial charge in [-0.1, -0.05) is 36.7 Å². The minimum absolute atomic E-state index is 0.220. The summed E-state index contributed by atoms with van der Waals surface area (Å²) in [5, 5.41) is 0. The van der Waals surface area contributed by atoms with Gasteiger partial charge in [0.15, 0.2) is 0 Å². The van der Waals surface area contributed by atoms with Crippen molar-refractivity contribution in [2.24, 2.45) is 17.1 Å². The number of nitrogens with two attached hydrogens (primary N) is 1. The fourth-order valence-corrected chi connectivity index (χ4v) is 2.25. The highest BCUT2D eigenvalue weighted by Gasteiger charge is 2.24. The number of benzene rings is 1. The van der Waals surface area contributed by atoms with Crippen LogP contribution in [-0.2, 0) is 6.42 Å². The summed E-state index contributed by atoms with van der Waals surface area (Å²) in [6, 6.07) is 6.07. The molecular weight excluding hydrogens is 278 g/mol. The van der Waals surface area contributed by atoms with Gasteiger partial charge in [0.05, 0.1) is 7.11 Å². The van der Waals surface area contributed by atoms with Crippen molar-refractivity contribution in [2.45, 2.75) is 27.2 Å². The standard InChI is InChI=1S/C14H22BrNO/c1-14(2,3)11(9-16)7-10-8-12(17-4)5-6-13(10)15/h5-6,8,11H,7,9,16H2,1-4H3. The Morgan fingerprint density at radius 1 is 1.35 bits per heavy atom. The van der Waals surface area contributed by atoms with Crippen LogP contribution < -0.4 is 10.5 Å². The average Bonchev–Trinajstić information content (AvgIpc) is 2.26. The Balaban J connectivity index is 2.93. The molecule has 0 radical (unpaired) electrons. The first-order chi connectivity index (χ1) is 7.88. The van der Waals surface area contributed by atoms with Crippen molar-refractivity contribution in [1.82, 2.24) is 0 Å². The number of ether oxygens (including phenoxy) is 1. The topological polar surface area (TPSA) is 35.2 Å². The third-order valence-corrected chi connectivity index (χ3v) is 4.00. The van der Waals surface area contributed by atoms with Gasteiger partial charge in [-0.05, 0) is 48.1 Å². The Bertz CT molecular complexity index is 371. The van der Waals surface area contributed by atoms with Crippen molar-refractivity contribution in [3.8, 4) is 5.75 Å². The molecule has 1 unspecified atom stereocenters. The first-order valence-corrected chi connectivity index (χ1v) is 6.70. The van der Waals surface area contributed by atoms with Crippen molar-refractivity contribution >= 4 is 15.9 Å². The smallest absolute Gasteiger partial charge is 0.119 e. The van der Waals surface area contributed by atoms with Gasteiger partial charge < -0.3 is 10.5 Å². The van der Waals surface area contributed by atoms with E-state index in [1.54, 1.807) is 7.11 Å². The zero-order chi connectivity index (χ0) is 13.1. The Kier molecular flexibility index (Phi) is 5.02. The Morgan fingerprint density at radius 3 is 2.47 bits per heavy atom. The van der Waals surface area contributed by atoms with Crippen molar-refractivity contribution in [2.75, 3.05) is 13.7 Å². The van der Waals surface area contributed by atoms with Gasteiger partial charge in [-0.25, -0.2) is 0 Å². The minimum atomic E-state index is 0.220. The van der Waals surface area contributed by atoms with Crippen LogP contribution in [0.3, 0.4) is 0 Å². The number of rotatable bonds is 4. The Morgan fingerprint density at radius 2 is 2.00 bits per heavy atom. The summed E-state index contributed by atoms with van der Waals surface area (Å²) in [6.07, 6.45) is 0.970. The van der Waals surface area contributed by atoms with E-state index in [1.807, 2.05) is 12.1 Å². The van der Waals surface area contributed by atoms with Gasteiger partial charge in [0.1, 0.15) is 5.75 Å². The summed E-state index contributed by atoms with van der Waals surface area (Å²) in [5.74, 6) is 1.36. The van der Waals surface area contributed by atoms with Crippen molar-refractivity contribution in [1.29, 1.82) is 0 Å². The van der Waals surface area contributed by atoms with E-state index in [2.05, 4.69) is 42.8 Å².